The van der Waals surface area contributed by atoms with E-state index in [1.54, 1.807) is 25.5 Å². The van der Waals surface area contributed by atoms with Crippen LogP contribution in [0.5, 0.6) is 0 Å². The minimum Gasteiger partial charge on any atom is -0.478 e. The van der Waals surface area contributed by atoms with Crippen LogP contribution in [0.1, 0.15) is 34.5 Å². The molecule has 0 radical (unpaired) electrons. The second-order valence-electron chi connectivity index (χ2n) is 4.05. The van der Waals surface area contributed by atoms with Crippen LogP contribution < -0.4 is 0 Å². The highest BCUT2D eigenvalue weighted by atomic mass is 32.2. The Morgan fingerprint density at radius 3 is 2.75 bits per heavy atom. The van der Waals surface area contributed by atoms with E-state index in [1.165, 1.54) is 11.8 Å². The lowest BCUT2D eigenvalue weighted by atomic mass is 10.2. The molecule has 0 fully saturated rings. The Labute approximate surface area is 120 Å². The molecule has 2 aromatic rings. The van der Waals surface area contributed by atoms with Gasteiger partial charge in [-0.2, -0.15) is 0 Å². The van der Waals surface area contributed by atoms with Crippen molar-refractivity contribution in [2.24, 2.45) is 0 Å². The average molecular weight is 290 g/mol. The molecule has 0 spiro atoms. The first kappa shape index (κ1) is 14.4. The van der Waals surface area contributed by atoms with E-state index >= 15 is 0 Å². The molecule has 0 bridgehead atoms. The van der Waals surface area contributed by atoms with Crippen LogP contribution in [-0.2, 0) is 12.2 Å². The summed E-state index contributed by atoms with van der Waals surface area (Å²) in [6.45, 7) is 3.63. The highest BCUT2D eigenvalue weighted by Crippen LogP contribution is 2.25. The lowest BCUT2D eigenvalue weighted by Crippen LogP contribution is -2.09. The zero-order chi connectivity index (χ0) is 14.5. The van der Waals surface area contributed by atoms with Crippen molar-refractivity contribution < 1.29 is 9.90 Å². The maximum absolute atomic E-state index is 11.3. The third-order valence-corrected chi connectivity index (χ3v) is 3.62. The van der Waals surface area contributed by atoms with E-state index < -0.39 is 5.97 Å². The molecule has 7 heteroatoms. The van der Waals surface area contributed by atoms with Crippen molar-refractivity contribution in [3.63, 3.8) is 0 Å². The molecule has 0 amide bonds. The summed E-state index contributed by atoms with van der Waals surface area (Å²) in [5.41, 5.74) is 1.44. The van der Waals surface area contributed by atoms with E-state index in [-0.39, 0.29) is 5.56 Å². The summed E-state index contributed by atoms with van der Waals surface area (Å²) in [4.78, 5) is 28.0. The van der Waals surface area contributed by atoms with Crippen LogP contribution in [0.15, 0.2) is 23.6 Å². The third kappa shape index (κ3) is 3.30. The summed E-state index contributed by atoms with van der Waals surface area (Å²) in [6.07, 6.45) is 5.53. The van der Waals surface area contributed by atoms with E-state index in [4.69, 9.17) is 0 Å². The quantitative estimate of drug-likeness (QED) is 0.666. The zero-order valence-electron chi connectivity index (χ0n) is 11.2. The van der Waals surface area contributed by atoms with Gasteiger partial charge in [-0.25, -0.2) is 14.8 Å². The predicted octanol–water partition coefficient (Wildman–Crippen LogP) is 2.13. The van der Waals surface area contributed by atoms with Gasteiger partial charge >= 0.3 is 5.97 Å². The second kappa shape index (κ2) is 6.42. The van der Waals surface area contributed by atoms with Gasteiger partial charge in [-0.05, 0) is 6.92 Å². The van der Waals surface area contributed by atoms with Crippen LogP contribution >= 0.6 is 11.8 Å². The predicted molar refractivity (Wildman–Crippen MR) is 74.7 cm³/mol. The van der Waals surface area contributed by atoms with Gasteiger partial charge in [0.25, 0.3) is 0 Å². The summed E-state index contributed by atoms with van der Waals surface area (Å²) >= 11 is 1.34. The Hall–Kier alpha value is -2.02. The highest BCUT2D eigenvalue weighted by molar-refractivity contribution is 7.98. The summed E-state index contributed by atoms with van der Waals surface area (Å²) in [7, 11) is 0. The number of rotatable bonds is 5. The Bertz CT molecular complexity index is 619. The third-order valence-electron chi connectivity index (χ3n) is 2.61. The summed E-state index contributed by atoms with van der Waals surface area (Å²) in [5.74, 6) is 0.161. The minimum absolute atomic E-state index is 0.163. The van der Waals surface area contributed by atoms with Crippen LogP contribution in [0.3, 0.4) is 0 Å². The van der Waals surface area contributed by atoms with E-state index in [2.05, 4.69) is 19.9 Å². The molecule has 0 aliphatic heterocycles. The number of nitrogens with zero attached hydrogens (tertiary/aromatic N) is 4. The lowest BCUT2D eigenvalue weighted by molar-refractivity contribution is 0.0690. The van der Waals surface area contributed by atoms with Gasteiger partial charge in [-0.1, -0.05) is 18.7 Å². The second-order valence-corrected chi connectivity index (χ2v) is 5.01. The first-order valence-electron chi connectivity index (χ1n) is 6.10. The molecule has 2 heterocycles. The maximum atomic E-state index is 11.3. The fourth-order valence-electron chi connectivity index (χ4n) is 1.66. The Morgan fingerprint density at radius 1 is 1.35 bits per heavy atom. The maximum Gasteiger partial charge on any atom is 0.340 e. The molecule has 2 rings (SSSR count). The van der Waals surface area contributed by atoms with Gasteiger partial charge in [0.1, 0.15) is 16.4 Å². The Kier molecular flexibility index (Phi) is 4.62. The SMILES string of the molecule is CCc1nc(C)c(C(=O)O)c(SCc2cnccn2)n1. The number of aromatic nitrogens is 4. The fourth-order valence-corrected chi connectivity index (χ4v) is 2.64. The standard InChI is InChI=1S/C13H14N4O2S/c1-3-10-16-8(2)11(13(18)19)12(17-10)20-7-9-6-14-4-5-15-9/h4-6H,3,7H2,1-2H3,(H,18,19). The number of thioether (sulfide) groups is 1. The lowest BCUT2D eigenvalue weighted by Gasteiger charge is -2.09. The molecule has 0 saturated heterocycles. The Balaban J connectivity index is 2.29. The number of aromatic carboxylic acids is 1. The summed E-state index contributed by atoms with van der Waals surface area (Å²) in [5, 5.41) is 9.77. The van der Waals surface area contributed by atoms with Crippen molar-refractivity contribution in [2.75, 3.05) is 0 Å². The van der Waals surface area contributed by atoms with Crippen LogP contribution in [-0.4, -0.2) is 31.0 Å². The van der Waals surface area contributed by atoms with Gasteiger partial charge < -0.3 is 5.11 Å². The fraction of sp³-hybridized carbons (Fsp3) is 0.308. The number of aryl methyl sites for hydroxylation is 2. The van der Waals surface area contributed by atoms with Crippen LogP contribution in [0.4, 0.5) is 0 Å². The normalized spacial score (nSPS) is 10.5. The first-order valence-corrected chi connectivity index (χ1v) is 7.08. The van der Waals surface area contributed by atoms with Gasteiger partial charge in [0.2, 0.25) is 0 Å². The molecule has 0 aliphatic carbocycles. The highest BCUT2D eigenvalue weighted by Gasteiger charge is 2.18. The van der Waals surface area contributed by atoms with Crippen molar-refractivity contribution in [1.82, 2.24) is 19.9 Å². The van der Waals surface area contributed by atoms with Crippen LogP contribution in [0.2, 0.25) is 0 Å². The van der Waals surface area contributed by atoms with Crippen LogP contribution in [0.25, 0.3) is 0 Å². The summed E-state index contributed by atoms with van der Waals surface area (Å²) in [6, 6.07) is 0. The average Bonchev–Trinajstić information content (AvgIpc) is 2.45. The van der Waals surface area contributed by atoms with Gasteiger partial charge in [0, 0.05) is 30.8 Å². The number of carboxylic acids is 1. The smallest absolute Gasteiger partial charge is 0.340 e. The molecule has 0 aromatic carbocycles. The van der Waals surface area contributed by atoms with Crippen molar-refractivity contribution in [1.29, 1.82) is 0 Å². The molecule has 2 aromatic heterocycles. The van der Waals surface area contributed by atoms with Gasteiger partial charge in [-0.3, -0.25) is 9.97 Å². The van der Waals surface area contributed by atoms with Gasteiger partial charge in [0.05, 0.1) is 11.4 Å². The molecule has 104 valence electrons. The van der Waals surface area contributed by atoms with E-state index in [0.29, 0.717) is 28.7 Å². The van der Waals surface area contributed by atoms with Gasteiger partial charge in [-0.15, -0.1) is 0 Å². The number of carbonyl (C=O) groups is 1. The van der Waals surface area contributed by atoms with E-state index in [1.807, 2.05) is 6.92 Å². The van der Waals surface area contributed by atoms with Crippen molar-refractivity contribution in [3.05, 3.63) is 41.4 Å². The molecule has 1 N–H and O–H groups in total. The number of hydrogen-bond donors (Lipinski definition) is 1. The molecule has 0 saturated carbocycles. The topological polar surface area (TPSA) is 88.9 Å². The summed E-state index contributed by atoms with van der Waals surface area (Å²) < 4.78 is 0. The van der Waals surface area contributed by atoms with E-state index in [9.17, 15) is 9.90 Å². The molecule has 0 unspecified atom stereocenters. The molecule has 0 atom stereocenters. The van der Waals surface area contributed by atoms with Crippen molar-refractivity contribution >= 4 is 17.7 Å². The molecule has 20 heavy (non-hydrogen) atoms. The molecule has 6 nitrogen and oxygen atoms in total. The van der Waals surface area contributed by atoms with Crippen molar-refractivity contribution in [3.8, 4) is 0 Å². The molecule has 0 aliphatic rings. The molecular weight excluding hydrogens is 276 g/mol. The minimum atomic E-state index is -1.01. The van der Waals surface area contributed by atoms with Crippen molar-refractivity contribution in [2.45, 2.75) is 31.0 Å². The molecular formula is C13H14N4O2S. The number of hydrogen-bond acceptors (Lipinski definition) is 6. The zero-order valence-corrected chi connectivity index (χ0v) is 12.0. The first-order chi connectivity index (χ1) is 9.61. The Morgan fingerprint density at radius 2 is 2.15 bits per heavy atom. The monoisotopic (exact) mass is 290 g/mol. The van der Waals surface area contributed by atoms with Crippen LogP contribution in [0, 0.1) is 6.92 Å². The van der Waals surface area contributed by atoms with Gasteiger partial charge in [0.15, 0.2) is 0 Å². The number of carboxylic acid groups (broad SMARTS) is 1. The largest absolute Gasteiger partial charge is 0.478 e. The van der Waals surface area contributed by atoms with E-state index in [0.717, 1.165) is 5.69 Å².